The van der Waals surface area contributed by atoms with Crippen molar-refractivity contribution in [2.24, 2.45) is 0 Å². The SMILES string of the molecule is CC(C)(C)OC(=O)N1CCCC(c2cc3ccncc3[nH]2)C1. The Balaban J connectivity index is 1.74. The van der Waals surface area contributed by atoms with E-state index < -0.39 is 5.60 Å². The van der Waals surface area contributed by atoms with Gasteiger partial charge in [0.1, 0.15) is 5.60 Å². The van der Waals surface area contributed by atoms with Crippen molar-refractivity contribution in [3.05, 3.63) is 30.2 Å². The molecule has 1 saturated heterocycles. The average Bonchev–Trinajstić information content (AvgIpc) is 2.89. The number of fused-ring (bicyclic) bond motifs is 1. The second-order valence-corrected chi connectivity index (χ2v) is 6.95. The number of H-pyrrole nitrogens is 1. The summed E-state index contributed by atoms with van der Waals surface area (Å²) in [5, 5.41) is 1.17. The van der Waals surface area contributed by atoms with E-state index in [9.17, 15) is 4.79 Å². The van der Waals surface area contributed by atoms with Gasteiger partial charge in [0.05, 0.1) is 11.7 Å². The van der Waals surface area contributed by atoms with Crippen molar-refractivity contribution >= 4 is 17.0 Å². The molecule has 1 unspecified atom stereocenters. The van der Waals surface area contributed by atoms with E-state index in [1.54, 1.807) is 6.20 Å². The van der Waals surface area contributed by atoms with Crippen LogP contribution in [0, 0.1) is 0 Å². The highest BCUT2D eigenvalue weighted by molar-refractivity contribution is 5.79. The summed E-state index contributed by atoms with van der Waals surface area (Å²) < 4.78 is 5.49. The summed E-state index contributed by atoms with van der Waals surface area (Å²) in [6.07, 6.45) is 5.51. The molecular formula is C17H23N3O2. The van der Waals surface area contributed by atoms with Crippen LogP contribution in [0.15, 0.2) is 24.5 Å². The van der Waals surface area contributed by atoms with Gasteiger partial charge in [-0.05, 0) is 45.7 Å². The summed E-state index contributed by atoms with van der Waals surface area (Å²) in [7, 11) is 0. The molecule has 0 aliphatic carbocycles. The highest BCUT2D eigenvalue weighted by Gasteiger charge is 2.28. The number of carbonyl (C=O) groups is 1. The molecule has 1 fully saturated rings. The normalized spacial score (nSPS) is 19.4. The van der Waals surface area contributed by atoms with Gasteiger partial charge in [0, 0.05) is 36.3 Å². The van der Waals surface area contributed by atoms with E-state index in [1.165, 1.54) is 11.1 Å². The number of nitrogens with zero attached hydrogens (tertiary/aromatic N) is 2. The van der Waals surface area contributed by atoms with Gasteiger partial charge >= 0.3 is 6.09 Å². The predicted molar refractivity (Wildman–Crippen MR) is 85.9 cm³/mol. The molecule has 1 aliphatic rings. The third kappa shape index (κ3) is 3.24. The van der Waals surface area contributed by atoms with Crippen molar-refractivity contribution in [3.63, 3.8) is 0 Å². The third-order valence-corrected chi connectivity index (χ3v) is 3.96. The number of carbonyl (C=O) groups excluding carboxylic acids is 1. The molecule has 0 radical (unpaired) electrons. The lowest BCUT2D eigenvalue weighted by Crippen LogP contribution is -2.42. The summed E-state index contributed by atoms with van der Waals surface area (Å²) in [5.74, 6) is 0.327. The Labute approximate surface area is 130 Å². The van der Waals surface area contributed by atoms with Crippen molar-refractivity contribution in [2.45, 2.75) is 45.1 Å². The monoisotopic (exact) mass is 301 g/mol. The highest BCUT2D eigenvalue weighted by Crippen LogP contribution is 2.29. The quantitative estimate of drug-likeness (QED) is 0.874. The van der Waals surface area contributed by atoms with E-state index in [-0.39, 0.29) is 6.09 Å². The molecule has 0 bridgehead atoms. The van der Waals surface area contributed by atoms with Crippen molar-refractivity contribution in [1.29, 1.82) is 0 Å². The Kier molecular flexibility index (Phi) is 3.81. The predicted octanol–water partition coefficient (Wildman–Crippen LogP) is 3.68. The minimum atomic E-state index is -0.448. The zero-order valence-electron chi connectivity index (χ0n) is 13.4. The highest BCUT2D eigenvalue weighted by atomic mass is 16.6. The number of nitrogens with one attached hydrogen (secondary N) is 1. The minimum Gasteiger partial charge on any atom is -0.444 e. The smallest absolute Gasteiger partial charge is 0.410 e. The summed E-state index contributed by atoms with van der Waals surface area (Å²) in [6.45, 7) is 7.17. The number of ether oxygens (including phenoxy) is 1. The minimum absolute atomic E-state index is 0.213. The Bertz CT molecular complexity index is 639. The van der Waals surface area contributed by atoms with Crippen LogP contribution in [-0.2, 0) is 4.74 Å². The molecule has 3 heterocycles. The zero-order valence-corrected chi connectivity index (χ0v) is 13.4. The number of piperidine rings is 1. The molecule has 118 valence electrons. The van der Waals surface area contributed by atoms with Crippen molar-refractivity contribution in [2.75, 3.05) is 13.1 Å². The van der Waals surface area contributed by atoms with Gasteiger partial charge in [0.15, 0.2) is 0 Å². The van der Waals surface area contributed by atoms with Gasteiger partial charge in [-0.15, -0.1) is 0 Å². The number of rotatable bonds is 1. The molecule has 0 saturated carbocycles. The van der Waals surface area contributed by atoms with Crippen molar-refractivity contribution in [3.8, 4) is 0 Å². The number of hydrogen-bond donors (Lipinski definition) is 1. The Hall–Kier alpha value is -2.04. The number of pyridine rings is 1. The molecule has 1 aliphatic heterocycles. The second kappa shape index (κ2) is 5.63. The van der Waals surface area contributed by atoms with E-state index >= 15 is 0 Å². The molecule has 22 heavy (non-hydrogen) atoms. The van der Waals surface area contributed by atoms with E-state index in [0.29, 0.717) is 12.5 Å². The zero-order chi connectivity index (χ0) is 15.7. The molecule has 0 aromatic carbocycles. The van der Waals surface area contributed by atoms with E-state index in [2.05, 4.69) is 16.0 Å². The fourth-order valence-electron chi connectivity index (χ4n) is 2.94. The first-order valence-corrected chi connectivity index (χ1v) is 7.83. The number of hydrogen-bond acceptors (Lipinski definition) is 3. The van der Waals surface area contributed by atoms with Crippen LogP contribution in [0.5, 0.6) is 0 Å². The first-order chi connectivity index (χ1) is 10.4. The van der Waals surface area contributed by atoms with Crippen molar-refractivity contribution in [1.82, 2.24) is 14.9 Å². The van der Waals surface area contributed by atoms with Crippen LogP contribution in [0.3, 0.4) is 0 Å². The van der Waals surface area contributed by atoms with Crippen LogP contribution >= 0.6 is 0 Å². The maximum Gasteiger partial charge on any atom is 0.410 e. The molecule has 1 atom stereocenters. The van der Waals surface area contributed by atoms with Gasteiger partial charge < -0.3 is 14.6 Å². The van der Waals surface area contributed by atoms with Gasteiger partial charge in [-0.2, -0.15) is 0 Å². The van der Waals surface area contributed by atoms with Crippen LogP contribution in [0.1, 0.15) is 45.2 Å². The number of aromatic nitrogens is 2. The van der Waals surface area contributed by atoms with Gasteiger partial charge in [-0.1, -0.05) is 0 Å². The lowest BCUT2D eigenvalue weighted by atomic mass is 9.95. The Morgan fingerprint density at radius 2 is 2.27 bits per heavy atom. The molecule has 5 heteroatoms. The van der Waals surface area contributed by atoms with Crippen LogP contribution in [0.4, 0.5) is 4.79 Å². The van der Waals surface area contributed by atoms with Crippen LogP contribution in [0.2, 0.25) is 0 Å². The van der Waals surface area contributed by atoms with E-state index in [1.807, 2.05) is 37.9 Å². The molecule has 2 aromatic rings. The molecule has 2 aromatic heterocycles. The topological polar surface area (TPSA) is 58.2 Å². The lowest BCUT2D eigenvalue weighted by molar-refractivity contribution is 0.0197. The first-order valence-electron chi connectivity index (χ1n) is 7.83. The number of amides is 1. The fraction of sp³-hybridized carbons (Fsp3) is 0.529. The van der Waals surface area contributed by atoms with Gasteiger partial charge in [0.2, 0.25) is 0 Å². The number of aromatic amines is 1. The Morgan fingerprint density at radius 3 is 3.00 bits per heavy atom. The van der Waals surface area contributed by atoms with Crippen LogP contribution < -0.4 is 0 Å². The first kappa shape index (κ1) is 14.9. The summed E-state index contributed by atoms with van der Waals surface area (Å²) in [5.41, 5.74) is 1.78. The Morgan fingerprint density at radius 1 is 1.45 bits per heavy atom. The maximum absolute atomic E-state index is 12.2. The fourth-order valence-corrected chi connectivity index (χ4v) is 2.94. The van der Waals surface area contributed by atoms with Crippen LogP contribution in [-0.4, -0.2) is 39.7 Å². The average molecular weight is 301 g/mol. The maximum atomic E-state index is 12.2. The molecule has 3 rings (SSSR count). The number of likely N-dealkylation sites (tertiary alicyclic amines) is 1. The largest absolute Gasteiger partial charge is 0.444 e. The summed E-state index contributed by atoms with van der Waals surface area (Å²) in [4.78, 5) is 21.6. The molecule has 1 N–H and O–H groups in total. The molecule has 5 nitrogen and oxygen atoms in total. The van der Waals surface area contributed by atoms with Gasteiger partial charge in [0.25, 0.3) is 0 Å². The molecule has 1 amide bonds. The molecular weight excluding hydrogens is 278 g/mol. The third-order valence-electron chi connectivity index (χ3n) is 3.96. The van der Waals surface area contributed by atoms with Crippen molar-refractivity contribution < 1.29 is 9.53 Å². The standard InChI is InChI=1S/C17H23N3O2/c1-17(2,3)22-16(21)20-8-4-5-13(11-20)14-9-12-6-7-18-10-15(12)19-14/h6-7,9-10,13,19H,4-5,8,11H2,1-3H3. The van der Waals surface area contributed by atoms with Crippen LogP contribution in [0.25, 0.3) is 10.9 Å². The van der Waals surface area contributed by atoms with Gasteiger partial charge in [-0.25, -0.2) is 4.79 Å². The molecule has 0 spiro atoms. The van der Waals surface area contributed by atoms with E-state index in [0.717, 1.165) is 24.9 Å². The summed E-state index contributed by atoms with van der Waals surface area (Å²) >= 11 is 0. The second-order valence-electron chi connectivity index (χ2n) is 6.95. The van der Waals surface area contributed by atoms with Gasteiger partial charge in [-0.3, -0.25) is 4.98 Å². The lowest BCUT2D eigenvalue weighted by Gasteiger charge is -2.33. The summed E-state index contributed by atoms with van der Waals surface area (Å²) in [6, 6.07) is 4.17. The van der Waals surface area contributed by atoms with E-state index in [4.69, 9.17) is 4.74 Å².